The summed E-state index contributed by atoms with van der Waals surface area (Å²) < 4.78 is 0. The number of amides is 3. The predicted molar refractivity (Wildman–Crippen MR) is 124 cm³/mol. The summed E-state index contributed by atoms with van der Waals surface area (Å²) in [5.74, 6) is -0.736. The predicted octanol–water partition coefficient (Wildman–Crippen LogP) is 2.78. The van der Waals surface area contributed by atoms with Crippen molar-refractivity contribution < 1.29 is 14.4 Å². The first-order chi connectivity index (χ1) is 15.3. The Labute approximate surface area is 189 Å². The van der Waals surface area contributed by atoms with E-state index >= 15 is 0 Å². The van der Waals surface area contributed by atoms with Crippen LogP contribution in [0.1, 0.15) is 30.4 Å². The number of primary amides is 1. The number of carbonyl (C=O) groups is 3. The van der Waals surface area contributed by atoms with E-state index < -0.39 is 5.41 Å². The Morgan fingerprint density at radius 2 is 1.69 bits per heavy atom. The number of likely N-dealkylation sites (tertiary alicyclic amines) is 2. The molecule has 168 valence electrons. The summed E-state index contributed by atoms with van der Waals surface area (Å²) in [6.45, 7) is 3.43. The normalized spacial score (nSPS) is 23.4. The minimum atomic E-state index is -0.784. The van der Waals surface area contributed by atoms with E-state index in [4.69, 9.17) is 5.73 Å². The number of hydrogen-bond donors (Lipinski definition) is 1. The summed E-state index contributed by atoms with van der Waals surface area (Å²) in [6, 6.07) is 16.6. The highest BCUT2D eigenvalue weighted by Gasteiger charge is 2.44. The SMILES string of the molecule is Cc1ccc(-c2ccc(CC3(C(N)=O)CCCN(C(=O)C4CC(=O)N(C)C4)C3)cc2)cc1. The summed E-state index contributed by atoms with van der Waals surface area (Å²) in [6.07, 6.45) is 2.14. The number of benzene rings is 2. The maximum atomic E-state index is 13.1. The molecule has 32 heavy (non-hydrogen) atoms. The van der Waals surface area contributed by atoms with Crippen LogP contribution in [0.5, 0.6) is 0 Å². The van der Waals surface area contributed by atoms with Gasteiger partial charge in [0.1, 0.15) is 0 Å². The second-order valence-electron chi connectivity index (χ2n) is 9.42. The molecule has 0 radical (unpaired) electrons. The Morgan fingerprint density at radius 1 is 1.06 bits per heavy atom. The van der Waals surface area contributed by atoms with E-state index in [0.717, 1.165) is 23.1 Å². The van der Waals surface area contributed by atoms with Crippen LogP contribution in [0.4, 0.5) is 0 Å². The topological polar surface area (TPSA) is 83.7 Å². The van der Waals surface area contributed by atoms with Gasteiger partial charge in [0.05, 0.1) is 11.3 Å². The van der Waals surface area contributed by atoms with E-state index in [2.05, 4.69) is 43.3 Å². The van der Waals surface area contributed by atoms with Crippen LogP contribution in [0.2, 0.25) is 0 Å². The molecule has 0 aromatic heterocycles. The van der Waals surface area contributed by atoms with Crippen LogP contribution < -0.4 is 5.73 Å². The fourth-order valence-electron chi connectivity index (χ4n) is 4.99. The number of piperidine rings is 1. The summed E-state index contributed by atoms with van der Waals surface area (Å²) in [4.78, 5) is 40.9. The van der Waals surface area contributed by atoms with Crippen LogP contribution in [0, 0.1) is 18.3 Å². The van der Waals surface area contributed by atoms with E-state index in [0.29, 0.717) is 32.5 Å². The molecule has 2 unspecified atom stereocenters. The number of hydrogen-bond acceptors (Lipinski definition) is 3. The molecule has 2 aliphatic heterocycles. The van der Waals surface area contributed by atoms with Crippen LogP contribution in [0.15, 0.2) is 48.5 Å². The quantitative estimate of drug-likeness (QED) is 0.787. The molecule has 2 saturated heterocycles. The molecule has 6 heteroatoms. The lowest BCUT2D eigenvalue weighted by Gasteiger charge is -2.41. The molecule has 0 bridgehead atoms. The molecule has 3 amide bonds. The largest absolute Gasteiger partial charge is 0.369 e. The maximum Gasteiger partial charge on any atom is 0.228 e. The van der Waals surface area contributed by atoms with E-state index in [9.17, 15) is 14.4 Å². The Hall–Kier alpha value is -3.15. The van der Waals surface area contributed by atoms with Gasteiger partial charge in [-0.3, -0.25) is 14.4 Å². The molecule has 2 aromatic rings. The second kappa shape index (κ2) is 8.77. The molecule has 6 nitrogen and oxygen atoms in total. The third kappa shape index (κ3) is 4.40. The molecule has 2 aliphatic rings. The minimum Gasteiger partial charge on any atom is -0.369 e. The molecule has 2 aromatic carbocycles. The van der Waals surface area contributed by atoms with Gasteiger partial charge in [0.2, 0.25) is 17.7 Å². The van der Waals surface area contributed by atoms with Crippen LogP contribution in [0.3, 0.4) is 0 Å². The second-order valence-corrected chi connectivity index (χ2v) is 9.42. The summed E-state index contributed by atoms with van der Waals surface area (Å²) in [7, 11) is 1.72. The average Bonchev–Trinajstić information content (AvgIpc) is 3.12. The zero-order valence-corrected chi connectivity index (χ0v) is 18.8. The van der Waals surface area contributed by atoms with E-state index in [1.807, 2.05) is 12.1 Å². The van der Waals surface area contributed by atoms with Crippen molar-refractivity contribution in [3.63, 3.8) is 0 Å². The minimum absolute atomic E-state index is 0.00445. The van der Waals surface area contributed by atoms with E-state index in [1.54, 1.807) is 16.8 Å². The van der Waals surface area contributed by atoms with Crippen molar-refractivity contribution in [3.8, 4) is 11.1 Å². The number of rotatable bonds is 5. The molecule has 2 N–H and O–H groups in total. The molecule has 4 rings (SSSR count). The van der Waals surface area contributed by atoms with E-state index in [-0.39, 0.29) is 30.1 Å². The van der Waals surface area contributed by atoms with Crippen molar-refractivity contribution in [1.82, 2.24) is 9.80 Å². The number of nitrogens with zero attached hydrogens (tertiary/aromatic N) is 2. The molecular weight excluding hydrogens is 402 g/mol. The summed E-state index contributed by atoms with van der Waals surface area (Å²) in [5.41, 5.74) is 9.65. The molecular formula is C26H31N3O3. The van der Waals surface area contributed by atoms with E-state index in [1.165, 1.54) is 5.56 Å². The van der Waals surface area contributed by atoms with Gasteiger partial charge in [-0.2, -0.15) is 0 Å². The lowest BCUT2D eigenvalue weighted by molar-refractivity contribution is -0.143. The van der Waals surface area contributed by atoms with Gasteiger partial charge in [-0.25, -0.2) is 0 Å². The molecule has 2 fully saturated rings. The first-order valence-corrected chi connectivity index (χ1v) is 11.3. The van der Waals surface area contributed by atoms with Crippen LogP contribution >= 0.6 is 0 Å². The highest BCUT2D eigenvalue weighted by atomic mass is 16.2. The summed E-state index contributed by atoms with van der Waals surface area (Å²) >= 11 is 0. The van der Waals surface area contributed by atoms with Crippen LogP contribution in [0.25, 0.3) is 11.1 Å². The van der Waals surface area contributed by atoms with Crippen molar-refractivity contribution in [2.75, 3.05) is 26.7 Å². The van der Waals surface area contributed by atoms with Crippen LogP contribution in [-0.4, -0.2) is 54.2 Å². The Balaban J connectivity index is 1.50. The highest BCUT2D eigenvalue weighted by molar-refractivity contribution is 5.90. The first-order valence-electron chi connectivity index (χ1n) is 11.3. The zero-order chi connectivity index (χ0) is 22.9. The Morgan fingerprint density at radius 3 is 2.25 bits per heavy atom. The maximum absolute atomic E-state index is 13.1. The molecule has 2 atom stereocenters. The van der Waals surface area contributed by atoms with Crippen molar-refractivity contribution in [3.05, 3.63) is 59.7 Å². The van der Waals surface area contributed by atoms with Gasteiger partial charge in [-0.1, -0.05) is 54.1 Å². The standard InChI is InChI=1S/C26H31N3O3/c1-18-4-8-20(9-5-18)21-10-6-19(7-11-21)15-26(25(27)32)12-3-13-29(17-26)24(31)22-14-23(30)28(2)16-22/h4-11,22H,3,12-17H2,1-2H3,(H2,27,32). The van der Waals surface area contributed by atoms with Crippen molar-refractivity contribution >= 4 is 17.7 Å². The van der Waals surface area contributed by atoms with Gasteiger partial charge < -0.3 is 15.5 Å². The van der Waals surface area contributed by atoms with Gasteiger partial charge >= 0.3 is 0 Å². The fraction of sp³-hybridized carbons (Fsp3) is 0.423. The third-order valence-corrected chi connectivity index (χ3v) is 6.98. The zero-order valence-electron chi connectivity index (χ0n) is 18.8. The van der Waals surface area contributed by atoms with Gasteiger partial charge in [-0.05, 0) is 42.9 Å². The first kappa shape index (κ1) is 22.1. The lowest BCUT2D eigenvalue weighted by Crippen LogP contribution is -2.54. The monoisotopic (exact) mass is 433 g/mol. The highest BCUT2D eigenvalue weighted by Crippen LogP contribution is 2.35. The number of nitrogens with two attached hydrogens (primary N) is 1. The third-order valence-electron chi connectivity index (χ3n) is 6.98. The lowest BCUT2D eigenvalue weighted by atomic mass is 9.74. The molecule has 0 aliphatic carbocycles. The molecule has 0 spiro atoms. The molecule has 2 heterocycles. The van der Waals surface area contributed by atoms with Gasteiger partial charge in [-0.15, -0.1) is 0 Å². The number of aryl methyl sites for hydroxylation is 1. The Bertz CT molecular complexity index is 1020. The smallest absolute Gasteiger partial charge is 0.228 e. The van der Waals surface area contributed by atoms with Crippen molar-refractivity contribution in [2.45, 2.75) is 32.6 Å². The number of carbonyl (C=O) groups excluding carboxylic acids is 3. The van der Waals surface area contributed by atoms with Gasteiger partial charge in [0.25, 0.3) is 0 Å². The van der Waals surface area contributed by atoms with Crippen molar-refractivity contribution in [1.29, 1.82) is 0 Å². The fourth-order valence-corrected chi connectivity index (χ4v) is 4.99. The van der Waals surface area contributed by atoms with Gasteiger partial charge in [0.15, 0.2) is 0 Å². The average molecular weight is 434 g/mol. The Kier molecular flexibility index (Phi) is 6.04. The van der Waals surface area contributed by atoms with Crippen LogP contribution in [-0.2, 0) is 20.8 Å². The van der Waals surface area contributed by atoms with Gasteiger partial charge in [0, 0.05) is 33.1 Å². The molecule has 0 saturated carbocycles. The van der Waals surface area contributed by atoms with Crippen molar-refractivity contribution in [2.24, 2.45) is 17.1 Å². The summed E-state index contributed by atoms with van der Waals surface area (Å²) in [5, 5.41) is 0.